The molecule has 0 amide bonds. The van der Waals surface area contributed by atoms with Gasteiger partial charge in [-0.1, -0.05) is 44.7 Å². The number of rotatable bonds is 9. The average Bonchev–Trinajstić information content (AvgIpc) is 2.38. The molecule has 2 nitrogen and oxygen atoms in total. The number of hydrogen-bond acceptors (Lipinski definition) is 2. The van der Waals surface area contributed by atoms with E-state index in [4.69, 9.17) is 0 Å². The van der Waals surface area contributed by atoms with Crippen LogP contribution in [0.25, 0.3) is 0 Å². The van der Waals surface area contributed by atoms with Gasteiger partial charge >= 0.3 is 6.61 Å². The van der Waals surface area contributed by atoms with Gasteiger partial charge in [0.1, 0.15) is 5.75 Å². The Balaban J connectivity index is 2.43. The number of carbonyl (C=O) groups excluding carboxylic acids is 1. The van der Waals surface area contributed by atoms with Gasteiger partial charge in [0, 0.05) is 12.0 Å². The Bertz CT molecular complexity index is 391. The number of Topliss-reactive ketones (excluding diaryl/α,β-unsaturated/α-hetero) is 1. The molecule has 106 valence electrons. The van der Waals surface area contributed by atoms with Gasteiger partial charge < -0.3 is 4.74 Å². The highest BCUT2D eigenvalue weighted by Crippen LogP contribution is 2.18. The molecule has 1 rings (SSSR count). The van der Waals surface area contributed by atoms with Crippen LogP contribution in [-0.2, 0) is 0 Å². The predicted octanol–water partition coefficient (Wildman–Crippen LogP) is 4.83. The van der Waals surface area contributed by atoms with E-state index in [2.05, 4.69) is 11.7 Å². The van der Waals surface area contributed by atoms with Gasteiger partial charge in [-0.25, -0.2) is 0 Å². The zero-order valence-corrected chi connectivity index (χ0v) is 11.2. The van der Waals surface area contributed by atoms with Crippen molar-refractivity contribution in [3.8, 4) is 5.75 Å². The highest BCUT2D eigenvalue weighted by molar-refractivity contribution is 5.96. The van der Waals surface area contributed by atoms with Crippen LogP contribution in [0.15, 0.2) is 24.3 Å². The summed E-state index contributed by atoms with van der Waals surface area (Å²) in [6.07, 6.45) is 5.83. The number of ether oxygens (including phenoxy) is 1. The lowest BCUT2D eigenvalue weighted by Crippen LogP contribution is -2.04. The van der Waals surface area contributed by atoms with Crippen LogP contribution in [0.1, 0.15) is 55.8 Å². The van der Waals surface area contributed by atoms with Crippen LogP contribution in [0, 0.1) is 0 Å². The molecule has 0 radical (unpaired) electrons. The van der Waals surface area contributed by atoms with Crippen LogP contribution in [0.5, 0.6) is 5.75 Å². The van der Waals surface area contributed by atoms with Gasteiger partial charge in [0.05, 0.1) is 0 Å². The van der Waals surface area contributed by atoms with Gasteiger partial charge in [-0.3, -0.25) is 4.79 Å². The van der Waals surface area contributed by atoms with Crippen LogP contribution in [0.3, 0.4) is 0 Å². The quantitative estimate of drug-likeness (QED) is 0.474. The molecule has 1 aromatic carbocycles. The third-order valence-corrected chi connectivity index (χ3v) is 2.89. The molecule has 0 fully saturated rings. The summed E-state index contributed by atoms with van der Waals surface area (Å²) in [6, 6.07) is 5.99. The molecule has 0 heterocycles. The van der Waals surface area contributed by atoms with Crippen LogP contribution in [-0.4, -0.2) is 12.4 Å². The van der Waals surface area contributed by atoms with Gasteiger partial charge in [-0.15, -0.1) is 0 Å². The van der Waals surface area contributed by atoms with Gasteiger partial charge in [-0.05, 0) is 18.6 Å². The lowest BCUT2D eigenvalue weighted by atomic mass is 10.0. The molecule has 0 spiro atoms. The minimum Gasteiger partial charge on any atom is -0.435 e. The van der Waals surface area contributed by atoms with Crippen molar-refractivity contribution >= 4 is 5.78 Å². The van der Waals surface area contributed by atoms with E-state index in [1.165, 1.54) is 25.0 Å². The van der Waals surface area contributed by atoms with E-state index in [9.17, 15) is 13.6 Å². The fraction of sp³-hybridized carbons (Fsp3) is 0.533. The van der Waals surface area contributed by atoms with Gasteiger partial charge in [0.15, 0.2) is 5.78 Å². The minimum absolute atomic E-state index is 0.0174. The molecule has 0 saturated heterocycles. The maximum atomic E-state index is 12.1. The molecule has 0 aliphatic carbocycles. The summed E-state index contributed by atoms with van der Waals surface area (Å²) < 4.78 is 28.4. The molecule has 1 aromatic rings. The Morgan fingerprint density at radius 2 is 1.95 bits per heavy atom. The zero-order valence-electron chi connectivity index (χ0n) is 11.2. The Morgan fingerprint density at radius 3 is 2.63 bits per heavy atom. The van der Waals surface area contributed by atoms with E-state index in [-0.39, 0.29) is 11.5 Å². The van der Waals surface area contributed by atoms with Crippen molar-refractivity contribution in [3.05, 3.63) is 29.8 Å². The maximum Gasteiger partial charge on any atom is 0.387 e. The first-order chi connectivity index (χ1) is 9.13. The summed E-state index contributed by atoms with van der Waals surface area (Å²) in [5, 5.41) is 0. The summed E-state index contributed by atoms with van der Waals surface area (Å²) >= 11 is 0. The Labute approximate surface area is 112 Å². The standard InChI is InChI=1S/C15H20F2O2/c1-2-3-4-5-6-10-14(18)12-8-7-9-13(11-12)19-15(16)17/h7-9,11,15H,2-6,10H2,1H3. The monoisotopic (exact) mass is 270 g/mol. The number of ketones is 1. The number of carbonyl (C=O) groups is 1. The average molecular weight is 270 g/mol. The number of benzene rings is 1. The SMILES string of the molecule is CCCCCCCC(=O)c1cccc(OC(F)F)c1. The summed E-state index contributed by atoms with van der Waals surface area (Å²) in [7, 11) is 0. The van der Waals surface area contributed by atoms with Crippen molar-refractivity contribution in [1.29, 1.82) is 0 Å². The first-order valence-electron chi connectivity index (χ1n) is 6.71. The first kappa shape index (κ1) is 15.6. The normalized spacial score (nSPS) is 10.7. The predicted molar refractivity (Wildman–Crippen MR) is 70.8 cm³/mol. The zero-order chi connectivity index (χ0) is 14.1. The second-order valence-electron chi connectivity index (χ2n) is 4.49. The Kier molecular flexibility index (Phi) is 7.08. The molecule has 19 heavy (non-hydrogen) atoms. The lowest BCUT2D eigenvalue weighted by Gasteiger charge is -2.06. The summed E-state index contributed by atoms with van der Waals surface area (Å²) in [4.78, 5) is 11.9. The Hall–Kier alpha value is -1.45. The molecule has 0 aromatic heterocycles. The molecular formula is C15H20F2O2. The summed E-state index contributed by atoms with van der Waals surface area (Å²) in [5.74, 6) is 0.0167. The fourth-order valence-corrected chi connectivity index (χ4v) is 1.88. The number of unbranched alkanes of at least 4 members (excludes halogenated alkanes) is 4. The highest BCUT2D eigenvalue weighted by Gasteiger charge is 2.09. The minimum atomic E-state index is -2.86. The lowest BCUT2D eigenvalue weighted by molar-refractivity contribution is -0.0498. The van der Waals surface area contributed by atoms with Crippen molar-refractivity contribution in [2.45, 2.75) is 52.1 Å². The van der Waals surface area contributed by atoms with Crippen LogP contribution < -0.4 is 4.74 Å². The molecule has 0 saturated carbocycles. The van der Waals surface area contributed by atoms with Crippen LogP contribution >= 0.6 is 0 Å². The summed E-state index contributed by atoms with van der Waals surface area (Å²) in [6.45, 7) is -0.723. The van der Waals surface area contributed by atoms with Gasteiger partial charge in [-0.2, -0.15) is 8.78 Å². The molecule has 0 bridgehead atoms. The molecule has 0 N–H and O–H groups in total. The largest absolute Gasteiger partial charge is 0.435 e. The first-order valence-corrected chi connectivity index (χ1v) is 6.71. The summed E-state index contributed by atoms with van der Waals surface area (Å²) in [5.41, 5.74) is 0.439. The highest BCUT2D eigenvalue weighted by atomic mass is 19.3. The third kappa shape index (κ3) is 6.32. The van der Waals surface area contributed by atoms with E-state index >= 15 is 0 Å². The van der Waals surface area contributed by atoms with Crippen LogP contribution in [0.4, 0.5) is 8.78 Å². The fourth-order valence-electron chi connectivity index (χ4n) is 1.88. The smallest absolute Gasteiger partial charge is 0.387 e. The molecule has 0 aliphatic heterocycles. The number of alkyl halides is 2. The van der Waals surface area contributed by atoms with Crippen molar-refractivity contribution in [2.24, 2.45) is 0 Å². The van der Waals surface area contributed by atoms with Crippen molar-refractivity contribution in [3.63, 3.8) is 0 Å². The van der Waals surface area contributed by atoms with E-state index in [0.29, 0.717) is 12.0 Å². The van der Waals surface area contributed by atoms with E-state index in [0.717, 1.165) is 19.3 Å². The third-order valence-electron chi connectivity index (χ3n) is 2.89. The number of hydrogen-bond donors (Lipinski definition) is 0. The van der Waals surface area contributed by atoms with E-state index in [1.54, 1.807) is 12.1 Å². The van der Waals surface area contributed by atoms with Gasteiger partial charge in [0.2, 0.25) is 0 Å². The van der Waals surface area contributed by atoms with Crippen molar-refractivity contribution in [1.82, 2.24) is 0 Å². The topological polar surface area (TPSA) is 26.3 Å². The molecular weight excluding hydrogens is 250 g/mol. The van der Waals surface area contributed by atoms with Gasteiger partial charge in [0.25, 0.3) is 0 Å². The second-order valence-corrected chi connectivity index (χ2v) is 4.49. The maximum absolute atomic E-state index is 12.1. The van der Waals surface area contributed by atoms with E-state index < -0.39 is 6.61 Å². The Morgan fingerprint density at radius 1 is 1.21 bits per heavy atom. The van der Waals surface area contributed by atoms with E-state index in [1.807, 2.05) is 0 Å². The molecule has 4 heteroatoms. The van der Waals surface area contributed by atoms with Crippen LogP contribution in [0.2, 0.25) is 0 Å². The number of halogens is 2. The second kappa shape index (κ2) is 8.62. The van der Waals surface area contributed by atoms with Crippen molar-refractivity contribution in [2.75, 3.05) is 0 Å². The molecule has 0 unspecified atom stereocenters. The van der Waals surface area contributed by atoms with Crippen molar-refractivity contribution < 1.29 is 18.3 Å². The molecule has 0 atom stereocenters. The molecule has 0 aliphatic rings.